The molecular formula is C23H18ClFN4O. The largest absolute Gasteiger partial charge is 0.318 e. The lowest BCUT2D eigenvalue weighted by molar-refractivity contribution is 0.101. The van der Waals surface area contributed by atoms with Gasteiger partial charge in [0.15, 0.2) is 5.82 Å². The Morgan fingerprint density at radius 1 is 1.03 bits per heavy atom. The van der Waals surface area contributed by atoms with Gasteiger partial charge in [-0.05, 0) is 55.8 Å². The monoisotopic (exact) mass is 420 g/mol. The number of aromatic nitrogens is 3. The van der Waals surface area contributed by atoms with Crippen LogP contribution < -0.4 is 5.32 Å². The van der Waals surface area contributed by atoms with E-state index in [0.29, 0.717) is 22.2 Å². The van der Waals surface area contributed by atoms with Crippen molar-refractivity contribution in [1.29, 1.82) is 0 Å². The van der Waals surface area contributed by atoms with Crippen molar-refractivity contribution in [2.24, 2.45) is 0 Å². The molecule has 0 aliphatic carbocycles. The molecule has 3 aromatic carbocycles. The van der Waals surface area contributed by atoms with E-state index in [1.807, 2.05) is 50.2 Å². The highest BCUT2D eigenvalue weighted by Gasteiger charge is 2.20. The fourth-order valence-electron chi connectivity index (χ4n) is 3.10. The van der Waals surface area contributed by atoms with Crippen LogP contribution in [0.15, 0.2) is 66.7 Å². The van der Waals surface area contributed by atoms with Crippen molar-refractivity contribution in [3.8, 4) is 17.1 Å². The lowest BCUT2D eigenvalue weighted by atomic mass is 10.1. The first kappa shape index (κ1) is 19.8. The Bertz CT molecular complexity index is 1210. The lowest BCUT2D eigenvalue weighted by Crippen LogP contribution is -2.15. The first-order chi connectivity index (χ1) is 14.4. The van der Waals surface area contributed by atoms with Gasteiger partial charge in [0.05, 0.1) is 16.4 Å². The van der Waals surface area contributed by atoms with Crippen molar-refractivity contribution < 1.29 is 9.18 Å². The van der Waals surface area contributed by atoms with E-state index in [1.165, 1.54) is 16.8 Å². The second-order valence-corrected chi connectivity index (χ2v) is 7.31. The second kappa shape index (κ2) is 8.08. The number of hydrogen-bond acceptors (Lipinski definition) is 3. The number of para-hydroxylation sites is 1. The van der Waals surface area contributed by atoms with E-state index in [2.05, 4.69) is 15.4 Å². The van der Waals surface area contributed by atoms with Crippen molar-refractivity contribution in [3.05, 3.63) is 94.5 Å². The molecule has 1 heterocycles. The standard InChI is InChI=1S/C23H18ClFN4O/c1-14-5-3-7-16(13-14)22-27-21(28-29(22)18-11-9-17(25)10-12-18)23(30)26-20-15(2)6-4-8-19(20)24/h3-13H,1-2H3,(H,26,30). The Morgan fingerprint density at radius 3 is 2.47 bits per heavy atom. The normalized spacial score (nSPS) is 10.8. The Labute approximate surface area is 178 Å². The molecule has 1 aromatic heterocycles. The molecule has 0 spiro atoms. The minimum absolute atomic E-state index is 0.0184. The number of anilines is 1. The molecule has 0 saturated heterocycles. The number of benzene rings is 3. The van der Waals surface area contributed by atoms with Crippen LogP contribution in [0.2, 0.25) is 5.02 Å². The molecule has 1 amide bonds. The Balaban J connectivity index is 1.78. The van der Waals surface area contributed by atoms with Crippen LogP contribution in [0.1, 0.15) is 21.7 Å². The van der Waals surface area contributed by atoms with Crippen LogP contribution in [-0.2, 0) is 0 Å². The maximum atomic E-state index is 13.4. The van der Waals surface area contributed by atoms with Gasteiger partial charge in [-0.25, -0.2) is 14.1 Å². The highest BCUT2D eigenvalue weighted by atomic mass is 35.5. The maximum absolute atomic E-state index is 13.4. The topological polar surface area (TPSA) is 59.8 Å². The zero-order valence-electron chi connectivity index (χ0n) is 16.4. The van der Waals surface area contributed by atoms with Crippen LogP contribution in [-0.4, -0.2) is 20.7 Å². The molecule has 150 valence electrons. The smallest absolute Gasteiger partial charge is 0.295 e. The van der Waals surface area contributed by atoms with Crippen LogP contribution in [0, 0.1) is 19.7 Å². The molecule has 0 bridgehead atoms. The number of carbonyl (C=O) groups is 1. The quantitative estimate of drug-likeness (QED) is 0.467. The SMILES string of the molecule is Cc1cccc(-c2nc(C(=O)Nc3c(C)cccc3Cl)nn2-c2ccc(F)cc2)c1. The number of amides is 1. The third-order valence-corrected chi connectivity index (χ3v) is 4.93. The molecule has 0 radical (unpaired) electrons. The molecule has 0 atom stereocenters. The van der Waals surface area contributed by atoms with Crippen LogP contribution in [0.5, 0.6) is 0 Å². The second-order valence-electron chi connectivity index (χ2n) is 6.90. The van der Waals surface area contributed by atoms with E-state index in [4.69, 9.17) is 11.6 Å². The molecular weight excluding hydrogens is 403 g/mol. The highest BCUT2D eigenvalue weighted by Crippen LogP contribution is 2.27. The molecule has 0 saturated carbocycles. The lowest BCUT2D eigenvalue weighted by Gasteiger charge is -2.08. The number of aryl methyl sites for hydroxylation is 2. The van der Waals surface area contributed by atoms with Gasteiger partial charge in [-0.15, -0.1) is 5.10 Å². The molecule has 1 N–H and O–H groups in total. The van der Waals surface area contributed by atoms with Crippen LogP contribution >= 0.6 is 11.6 Å². The number of hydrogen-bond donors (Lipinski definition) is 1. The van der Waals surface area contributed by atoms with Crippen molar-refractivity contribution in [2.75, 3.05) is 5.32 Å². The Hall–Kier alpha value is -3.51. The number of nitrogens with zero attached hydrogens (tertiary/aromatic N) is 3. The third-order valence-electron chi connectivity index (χ3n) is 4.62. The molecule has 5 nitrogen and oxygen atoms in total. The van der Waals surface area contributed by atoms with E-state index in [0.717, 1.165) is 16.7 Å². The van der Waals surface area contributed by atoms with E-state index in [9.17, 15) is 9.18 Å². The average molecular weight is 421 g/mol. The first-order valence-electron chi connectivity index (χ1n) is 9.29. The molecule has 0 unspecified atom stereocenters. The fourth-order valence-corrected chi connectivity index (χ4v) is 3.37. The number of halogens is 2. The molecule has 4 aromatic rings. The van der Waals surface area contributed by atoms with E-state index >= 15 is 0 Å². The van der Waals surface area contributed by atoms with Crippen LogP contribution in [0.4, 0.5) is 10.1 Å². The summed E-state index contributed by atoms with van der Waals surface area (Å²) < 4.78 is 14.9. The van der Waals surface area contributed by atoms with E-state index in [-0.39, 0.29) is 11.6 Å². The predicted molar refractivity (Wildman–Crippen MR) is 116 cm³/mol. The summed E-state index contributed by atoms with van der Waals surface area (Å²) in [6, 6.07) is 18.9. The van der Waals surface area contributed by atoms with Gasteiger partial charge in [-0.2, -0.15) is 0 Å². The summed E-state index contributed by atoms with van der Waals surface area (Å²) in [6.07, 6.45) is 0. The first-order valence-corrected chi connectivity index (χ1v) is 9.66. The molecule has 7 heteroatoms. The van der Waals surface area contributed by atoms with Crippen molar-refractivity contribution in [1.82, 2.24) is 14.8 Å². The van der Waals surface area contributed by atoms with Crippen molar-refractivity contribution in [3.63, 3.8) is 0 Å². The summed E-state index contributed by atoms with van der Waals surface area (Å²) in [4.78, 5) is 17.4. The molecule has 0 aliphatic rings. The minimum atomic E-state index is -0.485. The van der Waals surface area contributed by atoms with Gasteiger partial charge < -0.3 is 5.32 Å². The van der Waals surface area contributed by atoms with E-state index in [1.54, 1.807) is 18.2 Å². The number of nitrogens with one attached hydrogen (secondary N) is 1. The predicted octanol–water partition coefficient (Wildman–Crippen LogP) is 5.60. The summed E-state index contributed by atoms with van der Waals surface area (Å²) in [5.74, 6) is -0.384. The summed E-state index contributed by atoms with van der Waals surface area (Å²) in [5, 5.41) is 7.62. The van der Waals surface area contributed by atoms with Crippen molar-refractivity contribution >= 4 is 23.2 Å². The van der Waals surface area contributed by atoms with Gasteiger partial charge in [0, 0.05) is 5.56 Å². The van der Waals surface area contributed by atoms with Gasteiger partial charge >= 0.3 is 0 Å². The minimum Gasteiger partial charge on any atom is -0.318 e. The Morgan fingerprint density at radius 2 is 1.77 bits per heavy atom. The van der Waals surface area contributed by atoms with Crippen LogP contribution in [0.25, 0.3) is 17.1 Å². The number of rotatable bonds is 4. The summed E-state index contributed by atoms with van der Waals surface area (Å²) in [7, 11) is 0. The van der Waals surface area contributed by atoms with E-state index < -0.39 is 5.91 Å². The van der Waals surface area contributed by atoms with Gasteiger partial charge in [0.2, 0.25) is 5.82 Å². The average Bonchev–Trinajstić information content (AvgIpc) is 3.17. The molecule has 30 heavy (non-hydrogen) atoms. The summed E-state index contributed by atoms with van der Waals surface area (Å²) in [5.41, 5.74) is 3.76. The Kier molecular flexibility index (Phi) is 5.33. The van der Waals surface area contributed by atoms with Crippen LogP contribution in [0.3, 0.4) is 0 Å². The van der Waals surface area contributed by atoms with Gasteiger partial charge in [0.25, 0.3) is 5.91 Å². The van der Waals surface area contributed by atoms with Crippen molar-refractivity contribution in [2.45, 2.75) is 13.8 Å². The zero-order chi connectivity index (χ0) is 21.3. The summed E-state index contributed by atoms with van der Waals surface area (Å²) in [6.45, 7) is 3.82. The third kappa shape index (κ3) is 3.95. The molecule has 0 fully saturated rings. The van der Waals surface area contributed by atoms with Gasteiger partial charge in [0.1, 0.15) is 5.82 Å². The zero-order valence-corrected chi connectivity index (χ0v) is 17.1. The van der Waals surface area contributed by atoms with Gasteiger partial charge in [-0.3, -0.25) is 4.79 Å². The highest BCUT2D eigenvalue weighted by molar-refractivity contribution is 6.34. The maximum Gasteiger partial charge on any atom is 0.295 e. The summed E-state index contributed by atoms with van der Waals surface area (Å²) >= 11 is 6.23. The molecule has 0 aliphatic heterocycles. The fraction of sp³-hybridized carbons (Fsp3) is 0.0870. The number of carbonyl (C=O) groups excluding carboxylic acids is 1. The molecule has 4 rings (SSSR count). The van der Waals surface area contributed by atoms with Gasteiger partial charge in [-0.1, -0.05) is 47.5 Å².